The standard InChI is InChI=1S/C22H18FNO4/c1-27-18-12-8-16(9-13-18)21(25)24-20-5-3-2-4-19(20)22(26)28-14-15-6-10-17(23)11-7-15/h2-13H,14H2,1H3,(H,24,25). The van der Waals surface area contributed by atoms with Crippen LogP contribution >= 0.6 is 0 Å². The van der Waals surface area contributed by atoms with Crippen LogP contribution in [0, 0.1) is 5.82 Å². The van der Waals surface area contributed by atoms with Crippen molar-refractivity contribution in [2.45, 2.75) is 6.61 Å². The zero-order valence-corrected chi connectivity index (χ0v) is 15.1. The molecule has 0 atom stereocenters. The SMILES string of the molecule is COc1ccc(C(=O)Nc2ccccc2C(=O)OCc2ccc(F)cc2)cc1. The molecular weight excluding hydrogens is 361 g/mol. The van der Waals surface area contributed by atoms with Crippen LogP contribution in [0.5, 0.6) is 5.75 Å². The Morgan fingerprint density at radius 1 is 0.929 bits per heavy atom. The van der Waals surface area contributed by atoms with E-state index in [2.05, 4.69) is 5.32 Å². The number of para-hydroxylation sites is 1. The summed E-state index contributed by atoms with van der Waals surface area (Å²) in [7, 11) is 1.54. The molecular formula is C22H18FNO4. The van der Waals surface area contributed by atoms with Crippen molar-refractivity contribution in [2.75, 3.05) is 12.4 Å². The summed E-state index contributed by atoms with van der Waals surface area (Å²) in [6.07, 6.45) is 0. The van der Waals surface area contributed by atoms with E-state index >= 15 is 0 Å². The van der Waals surface area contributed by atoms with Crippen molar-refractivity contribution in [3.8, 4) is 5.75 Å². The van der Waals surface area contributed by atoms with Gasteiger partial charge in [0.15, 0.2) is 0 Å². The van der Waals surface area contributed by atoms with Gasteiger partial charge in [-0.1, -0.05) is 24.3 Å². The van der Waals surface area contributed by atoms with Gasteiger partial charge in [0, 0.05) is 5.56 Å². The van der Waals surface area contributed by atoms with Crippen LogP contribution in [-0.2, 0) is 11.3 Å². The van der Waals surface area contributed by atoms with E-state index in [0.29, 0.717) is 22.6 Å². The van der Waals surface area contributed by atoms with Gasteiger partial charge < -0.3 is 14.8 Å². The van der Waals surface area contributed by atoms with Gasteiger partial charge in [-0.15, -0.1) is 0 Å². The van der Waals surface area contributed by atoms with E-state index in [1.165, 1.54) is 12.1 Å². The maximum Gasteiger partial charge on any atom is 0.340 e. The van der Waals surface area contributed by atoms with Crippen LogP contribution in [-0.4, -0.2) is 19.0 Å². The highest BCUT2D eigenvalue weighted by Crippen LogP contribution is 2.19. The number of methoxy groups -OCH3 is 1. The average Bonchev–Trinajstić information content (AvgIpc) is 2.73. The molecule has 3 aromatic rings. The van der Waals surface area contributed by atoms with Crippen molar-refractivity contribution in [3.05, 3.63) is 95.3 Å². The van der Waals surface area contributed by atoms with Crippen molar-refractivity contribution in [1.82, 2.24) is 0 Å². The third-order valence-corrected chi connectivity index (χ3v) is 4.03. The third-order valence-electron chi connectivity index (χ3n) is 4.03. The summed E-state index contributed by atoms with van der Waals surface area (Å²) >= 11 is 0. The first-order chi connectivity index (χ1) is 13.6. The Morgan fingerprint density at radius 2 is 1.61 bits per heavy atom. The topological polar surface area (TPSA) is 64.6 Å². The summed E-state index contributed by atoms with van der Waals surface area (Å²) in [5.41, 5.74) is 1.66. The number of hydrogen-bond acceptors (Lipinski definition) is 4. The van der Waals surface area contributed by atoms with Gasteiger partial charge in [-0.2, -0.15) is 0 Å². The Balaban J connectivity index is 1.70. The largest absolute Gasteiger partial charge is 0.497 e. The summed E-state index contributed by atoms with van der Waals surface area (Å²) in [4.78, 5) is 24.9. The fourth-order valence-corrected chi connectivity index (χ4v) is 2.51. The first-order valence-corrected chi connectivity index (χ1v) is 8.53. The second kappa shape index (κ2) is 8.81. The fourth-order valence-electron chi connectivity index (χ4n) is 2.51. The van der Waals surface area contributed by atoms with Crippen LogP contribution in [0.3, 0.4) is 0 Å². The summed E-state index contributed by atoms with van der Waals surface area (Å²) < 4.78 is 23.3. The quantitative estimate of drug-likeness (QED) is 0.643. The van der Waals surface area contributed by atoms with Crippen LogP contribution in [0.4, 0.5) is 10.1 Å². The summed E-state index contributed by atoms with van der Waals surface area (Å²) in [5, 5.41) is 2.72. The molecule has 3 aromatic carbocycles. The Kier molecular flexibility index (Phi) is 6.01. The van der Waals surface area contributed by atoms with E-state index in [4.69, 9.17) is 9.47 Å². The van der Waals surface area contributed by atoms with Gasteiger partial charge in [0.2, 0.25) is 0 Å². The van der Waals surface area contributed by atoms with Gasteiger partial charge >= 0.3 is 5.97 Å². The summed E-state index contributed by atoms with van der Waals surface area (Å²) in [6.45, 7) is -0.000125. The van der Waals surface area contributed by atoms with E-state index in [0.717, 1.165) is 0 Å². The van der Waals surface area contributed by atoms with Gasteiger partial charge in [0.25, 0.3) is 5.91 Å². The molecule has 0 bridgehead atoms. The van der Waals surface area contributed by atoms with Crippen LogP contribution in [0.1, 0.15) is 26.3 Å². The summed E-state index contributed by atoms with van der Waals surface area (Å²) in [6, 6.07) is 18.9. The maximum absolute atomic E-state index is 13.0. The zero-order valence-electron chi connectivity index (χ0n) is 15.1. The molecule has 142 valence electrons. The maximum atomic E-state index is 13.0. The van der Waals surface area contributed by atoms with E-state index in [1.807, 2.05) is 0 Å². The number of carbonyl (C=O) groups is 2. The normalized spacial score (nSPS) is 10.2. The van der Waals surface area contributed by atoms with Crippen LogP contribution in [0.2, 0.25) is 0 Å². The van der Waals surface area contributed by atoms with E-state index in [9.17, 15) is 14.0 Å². The predicted molar refractivity (Wildman–Crippen MR) is 103 cm³/mol. The van der Waals surface area contributed by atoms with Crippen LogP contribution < -0.4 is 10.1 Å². The number of amides is 1. The van der Waals surface area contributed by atoms with Crippen LogP contribution in [0.25, 0.3) is 0 Å². The Morgan fingerprint density at radius 3 is 2.29 bits per heavy atom. The molecule has 5 nitrogen and oxygen atoms in total. The smallest absolute Gasteiger partial charge is 0.340 e. The van der Waals surface area contributed by atoms with E-state index in [-0.39, 0.29) is 23.9 Å². The van der Waals surface area contributed by atoms with Crippen LogP contribution in [0.15, 0.2) is 72.8 Å². The lowest BCUT2D eigenvalue weighted by Gasteiger charge is -2.11. The van der Waals surface area contributed by atoms with Gasteiger partial charge in [0.1, 0.15) is 18.2 Å². The van der Waals surface area contributed by atoms with Gasteiger partial charge in [-0.3, -0.25) is 4.79 Å². The van der Waals surface area contributed by atoms with Gasteiger partial charge in [-0.05, 0) is 54.1 Å². The minimum atomic E-state index is -0.588. The second-order valence-electron chi connectivity index (χ2n) is 5.93. The predicted octanol–water partition coefficient (Wildman–Crippen LogP) is 4.44. The molecule has 0 aliphatic heterocycles. The molecule has 0 radical (unpaired) electrons. The fraction of sp³-hybridized carbons (Fsp3) is 0.0909. The van der Waals surface area contributed by atoms with E-state index < -0.39 is 5.97 Å². The monoisotopic (exact) mass is 379 g/mol. The highest BCUT2D eigenvalue weighted by Gasteiger charge is 2.15. The Labute approximate surface area is 161 Å². The highest BCUT2D eigenvalue weighted by molar-refractivity contribution is 6.08. The lowest BCUT2D eigenvalue weighted by Crippen LogP contribution is -2.15. The molecule has 0 saturated heterocycles. The van der Waals surface area contributed by atoms with Crippen molar-refractivity contribution >= 4 is 17.6 Å². The minimum Gasteiger partial charge on any atom is -0.497 e. The molecule has 28 heavy (non-hydrogen) atoms. The van der Waals surface area contributed by atoms with Gasteiger partial charge in [-0.25, -0.2) is 9.18 Å². The highest BCUT2D eigenvalue weighted by atomic mass is 19.1. The molecule has 0 spiro atoms. The minimum absolute atomic E-state index is 0.000125. The number of esters is 1. The number of carbonyl (C=O) groups excluding carboxylic acids is 2. The number of benzene rings is 3. The molecule has 0 unspecified atom stereocenters. The molecule has 1 amide bonds. The van der Waals surface area contributed by atoms with Crippen molar-refractivity contribution < 1.29 is 23.5 Å². The van der Waals surface area contributed by atoms with Crippen molar-refractivity contribution in [1.29, 1.82) is 0 Å². The molecule has 3 rings (SSSR count). The number of rotatable bonds is 6. The summed E-state index contributed by atoms with van der Waals surface area (Å²) in [5.74, 6) is -0.667. The molecule has 0 heterocycles. The number of halogens is 1. The molecule has 0 aliphatic rings. The van der Waals surface area contributed by atoms with Gasteiger partial charge in [0.05, 0.1) is 18.4 Å². The van der Waals surface area contributed by atoms with E-state index in [1.54, 1.807) is 67.8 Å². The number of ether oxygens (including phenoxy) is 2. The first-order valence-electron chi connectivity index (χ1n) is 8.53. The Bertz CT molecular complexity index is 969. The first kappa shape index (κ1) is 19.1. The second-order valence-corrected chi connectivity index (χ2v) is 5.93. The zero-order chi connectivity index (χ0) is 19.9. The number of hydrogen-bond donors (Lipinski definition) is 1. The third kappa shape index (κ3) is 4.73. The molecule has 0 saturated carbocycles. The molecule has 0 fully saturated rings. The van der Waals surface area contributed by atoms with Crippen molar-refractivity contribution in [2.24, 2.45) is 0 Å². The molecule has 1 N–H and O–H groups in total. The number of nitrogens with one attached hydrogen (secondary N) is 1. The molecule has 0 aliphatic carbocycles. The average molecular weight is 379 g/mol. The van der Waals surface area contributed by atoms with Crippen molar-refractivity contribution in [3.63, 3.8) is 0 Å². The lowest BCUT2D eigenvalue weighted by molar-refractivity contribution is 0.0474. The lowest BCUT2D eigenvalue weighted by atomic mass is 10.1. The Hall–Kier alpha value is -3.67. The number of anilines is 1. The molecule has 6 heteroatoms. The molecule has 0 aromatic heterocycles.